The van der Waals surface area contributed by atoms with E-state index in [1.54, 1.807) is 30.3 Å². The van der Waals surface area contributed by atoms with Gasteiger partial charge < -0.3 is 15.6 Å². The van der Waals surface area contributed by atoms with Gasteiger partial charge in [-0.1, -0.05) is 30.3 Å². The monoisotopic (exact) mass is 380 g/mol. The molecule has 9 heteroatoms. The molecule has 0 saturated heterocycles. The van der Waals surface area contributed by atoms with Crippen molar-refractivity contribution in [2.24, 2.45) is 0 Å². The third-order valence-corrected chi connectivity index (χ3v) is 4.39. The largest absolute Gasteiger partial charge is 1.00 e. The molecule has 4 nitrogen and oxygen atoms in total. The summed E-state index contributed by atoms with van der Waals surface area (Å²) < 4.78 is 54.4. The van der Waals surface area contributed by atoms with Gasteiger partial charge in [0.15, 0.2) is 0 Å². The standard InChI is InChI=1S/C17H16F3O4P.Li.H/c1-22-11-9-12(23-2)16(25-17(18,19)20)15(24-3)13(11)14(21)10-7-5-4-6-8-10;;/h4-9,25H,1-3H3;;/q;+1;-1. The summed E-state index contributed by atoms with van der Waals surface area (Å²) in [5, 5.41) is -0.224. The molecular formula is C17H17F3LiO4P. The number of ether oxygens (including phenoxy) is 3. The van der Waals surface area contributed by atoms with Gasteiger partial charge in [0.05, 0.1) is 26.6 Å². The van der Waals surface area contributed by atoms with Crippen LogP contribution in [0.2, 0.25) is 0 Å². The first-order valence-electron chi connectivity index (χ1n) is 7.10. The summed E-state index contributed by atoms with van der Waals surface area (Å²) in [5.41, 5.74) is 0.245. The Kier molecular flexibility index (Phi) is 8.02. The maximum absolute atomic E-state index is 13.0. The van der Waals surface area contributed by atoms with Crippen molar-refractivity contribution < 1.29 is 52.5 Å². The van der Waals surface area contributed by atoms with E-state index in [0.717, 1.165) is 0 Å². The second-order valence-corrected chi connectivity index (χ2v) is 6.20. The fourth-order valence-electron chi connectivity index (χ4n) is 2.35. The molecule has 2 rings (SSSR count). The molecular weight excluding hydrogens is 363 g/mol. The van der Waals surface area contributed by atoms with Crippen molar-refractivity contribution in [1.29, 1.82) is 0 Å². The summed E-state index contributed by atoms with van der Waals surface area (Å²) in [6.45, 7) is 0. The smallest absolute Gasteiger partial charge is 1.00 e. The van der Waals surface area contributed by atoms with Crippen LogP contribution in [0, 0.1) is 0 Å². The van der Waals surface area contributed by atoms with E-state index in [-0.39, 0.29) is 48.4 Å². The van der Waals surface area contributed by atoms with E-state index in [1.165, 1.54) is 27.4 Å². The third kappa shape index (κ3) is 4.94. The molecule has 0 bridgehead atoms. The predicted molar refractivity (Wildman–Crippen MR) is 91.1 cm³/mol. The Morgan fingerprint density at radius 3 is 2.04 bits per heavy atom. The number of ketones is 1. The number of carbonyl (C=O) groups excluding carboxylic acids is 1. The number of methoxy groups -OCH3 is 3. The number of hydrogen-bond acceptors (Lipinski definition) is 4. The van der Waals surface area contributed by atoms with Gasteiger partial charge in [-0.3, -0.25) is 4.79 Å². The molecule has 1 atom stereocenters. The number of hydrogen-bond donors (Lipinski definition) is 0. The maximum atomic E-state index is 13.0. The number of carbonyl (C=O) groups is 1. The van der Waals surface area contributed by atoms with E-state index in [2.05, 4.69) is 0 Å². The molecule has 0 spiro atoms. The first kappa shape index (κ1) is 22.4. The third-order valence-electron chi connectivity index (χ3n) is 3.38. The van der Waals surface area contributed by atoms with Crippen LogP contribution in [0.3, 0.4) is 0 Å². The molecule has 0 saturated carbocycles. The van der Waals surface area contributed by atoms with Gasteiger partial charge in [0, 0.05) is 20.2 Å². The second-order valence-electron chi connectivity index (χ2n) is 4.88. The van der Waals surface area contributed by atoms with Gasteiger partial charge in [-0.05, 0) is 0 Å². The van der Waals surface area contributed by atoms with Crippen LogP contribution in [0.25, 0.3) is 0 Å². The van der Waals surface area contributed by atoms with Crippen molar-refractivity contribution >= 4 is 19.7 Å². The summed E-state index contributed by atoms with van der Waals surface area (Å²) in [5.74, 6) is -5.12. The molecule has 0 amide bonds. The fourth-order valence-corrected chi connectivity index (χ4v) is 3.27. The zero-order valence-electron chi connectivity index (χ0n) is 15.7. The van der Waals surface area contributed by atoms with Gasteiger partial charge in [0.2, 0.25) is 5.78 Å². The molecule has 0 radical (unpaired) electrons. The number of benzene rings is 2. The number of alkyl halides is 3. The van der Waals surface area contributed by atoms with Crippen molar-refractivity contribution in [2.45, 2.75) is 5.92 Å². The predicted octanol–water partition coefficient (Wildman–Crippen LogP) is 0.883. The summed E-state index contributed by atoms with van der Waals surface area (Å²) in [4.78, 5) is 12.8. The molecule has 0 N–H and O–H groups in total. The summed E-state index contributed by atoms with van der Waals surface area (Å²) in [6, 6.07) is 9.46. The molecule has 136 valence electrons. The normalized spacial score (nSPS) is 11.2. The van der Waals surface area contributed by atoms with Crippen LogP contribution < -0.4 is 38.4 Å². The van der Waals surface area contributed by atoms with Crippen molar-refractivity contribution in [3.8, 4) is 17.2 Å². The molecule has 0 aliphatic carbocycles. The van der Waals surface area contributed by atoms with Crippen molar-refractivity contribution in [3.63, 3.8) is 0 Å². The minimum absolute atomic E-state index is 0. The Morgan fingerprint density at radius 1 is 1.00 bits per heavy atom. The van der Waals surface area contributed by atoms with Crippen LogP contribution in [0.15, 0.2) is 36.4 Å². The first-order chi connectivity index (χ1) is 11.8. The Hall–Kier alpha value is -1.67. The van der Waals surface area contributed by atoms with Crippen LogP contribution in [0.5, 0.6) is 17.2 Å². The van der Waals surface area contributed by atoms with E-state index in [0.29, 0.717) is 5.56 Å². The van der Waals surface area contributed by atoms with Crippen LogP contribution in [0.4, 0.5) is 13.2 Å². The van der Waals surface area contributed by atoms with Crippen LogP contribution in [-0.4, -0.2) is 33.0 Å². The van der Waals surface area contributed by atoms with Gasteiger partial charge in [0.1, 0.15) is 22.8 Å². The molecule has 0 aliphatic heterocycles. The Bertz CT molecular complexity index is 773. The van der Waals surface area contributed by atoms with Crippen molar-refractivity contribution in [3.05, 3.63) is 47.5 Å². The Morgan fingerprint density at radius 2 is 1.58 bits per heavy atom. The molecule has 26 heavy (non-hydrogen) atoms. The zero-order chi connectivity index (χ0) is 18.6. The van der Waals surface area contributed by atoms with Gasteiger partial charge in [-0.15, -0.1) is 0 Å². The van der Waals surface area contributed by atoms with E-state index < -0.39 is 20.3 Å². The van der Waals surface area contributed by atoms with Gasteiger partial charge in [-0.25, -0.2) is 0 Å². The molecule has 0 aromatic heterocycles. The minimum atomic E-state index is -4.47. The average Bonchev–Trinajstić information content (AvgIpc) is 2.59. The van der Waals surface area contributed by atoms with E-state index in [4.69, 9.17) is 14.2 Å². The molecule has 2 aromatic rings. The molecule has 2 aromatic carbocycles. The summed E-state index contributed by atoms with van der Waals surface area (Å²) in [6.07, 6.45) is 0. The van der Waals surface area contributed by atoms with Crippen molar-refractivity contribution in [2.75, 3.05) is 21.3 Å². The topological polar surface area (TPSA) is 44.8 Å². The Labute approximate surface area is 164 Å². The van der Waals surface area contributed by atoms with E-state index in [9.17, 15) is 18.0 Å². The second kappa shape index (κ2) is 9.32. The van der Waals surface area contributed by atoms with E-state index in [1.807, 2.05) is 0 Å². The maximum Gasteiger partial charge on any atom is 1.00 e. The fraction of sp³-hybridized carbons (Fsp3) is 0.235. The molecule has 0 fully saturated rings. The van der Waals surface area contributed by atoms with Crippen LogP contribution in [-0.2, 0) is 0 Å². The number of rotatable bonds is 6. The van der Waals surface area contributed by atoms with Crippen LogP contribution >= 0.6 is 8.58 Å². The minimum Gasteiger partial charge on any atom is -1.00 e. The van der Waals surface area contributed by atoms with Gasteiger partial charge >= 0.3 is 24.8 Å². The molecule has 1 unspecified atom stereocenters. The SMILES string of the molecule is COc1cc(OC)c(C(=O)c2ccccc2)c(OC)c1PC(F)(F)F.[H-].[Li+]. The van der Waals surface area contributed by atoms with Crippen molar-refractivity contribution in [1.82, 2.24) is 0 Å². The zero-order valence-corrected chi connectivity index (χ0v) is 15.7. The van der Waals surface area contributed by atoms with Gasteiger partial charge in [-0.2, -0.15) is 13.2 Å². The molecule has 0 aliphatic rings. The first-order valence-corrected chi connectivity index (χ1v) is 8.10. The quantitative estimate of drug-likeness (QED) is 0.424. The number of halogens is 3. The Balaban J connectivity index is 0.00000338. The molecule has 0 heterocycles. The van der Waals surface area contributed by atoms with E-state index >= 15 is 0 Å². The average molecular weight is 380 g/mol. The van der Waals surface area contributed by atoms with Crippen LogP contribution in [0.1, 0.15) is 17.3 Å². The van der Waals surface area contributed by atoms with Gasteiger partial charge in [0.25, 0.3) is 0 Å². The summed E-state index contributed by atoms with van der Waals surface area (Å²) >= 11 is 0. The summed E-state index contributed by atoms with van der Waals surface area (Å²) in [7, 11) is 2.19.